The molecule has 2 aliphatic rings. The van der Waals surface area contributed by atoms with Crippen molar-refractivity contribution in [3.63, 3.8) is 0 Å². The Labute approximate surface area is 153 Å². The van der Waals surface area contributed by atoms with Gasteiger partial charge in [0.15, 0.2) is 0 Å². The van der Waals surface area contributed by atoms with Gasteiger partial charge in [-0.15, -0.1) is 0 Å². The highest BCUT2D eigenvalue weighted by atomic mass is 16.5. The summed E-state index contributed by atoms with van der Waals surface area (Å²) >= 11 is 0. The fourth-order valence-corrected chi connectivity index (χ4v) is 4.20. The normalized spacial score (nSPS) is 24.2. The van der Waals surface area contributed by atoms with Crippen LogP contribution in [0.2, 0.25) is 0 Å². The number of hydrogen-bond donors (Lipinski definition) is 1. The summed E-state index contributed by atoms with van der Waals surface area (Å²) in [6.07, 6.45) is 3.63. The van der Waals surface area contributed by atoms with Gasteiger partial charge < -0.3 is 19.2 Å². The number of carbonyl (C=O) groups excluding carboxylic acids is 2. The summed E-state index contributed by atoms with van der Waals surface area (Å²) in [4.78, 5) is 27.9. The summed E-state index contributed by atoms with van der Waals surface area (Å²) in [5.74, 6) is 0.710. The lowest BCUT2D eigenvalue weighted by Gasteiger charge is -2.48. The number of piperidine rings is 2. The van der Waals surface area contributed by atoms with Crippen LogP contribution < -0.4 is 0 Å². The molecule has 1 aromatic heterocycles. The molecule has 7 nitrogen and oxygen atoms in total. The van der Waals surface area contributed by atoms with E-state index in [1.165, 1.54) is 0 Å². The maximum Gasteiger partial charge on any atom is 0.374 e. The standard InChI is InChI=1S/C19H28N2O5/c1-2-25-18(24)16-5-4-15(26-16)12-20-9-3-7-19(13-20)8-6-17(23)21(14-19)10-11-22/h4-5,22H,2-3,6-14H2,1H3/t19-/m1/s1. The molecular formula is C19H28N2O5. The maximum absolute atomic E-state index is 12.0. The molecule has 0 radical (unpaired) electrons. The van der Waals surface area contributed by atoms with E-state index in [9.17, 15) is 14.7 Å². The van der Waals surface area contributed by atoms with E-state index in [2.05, 4.69) is 4.90 Å². The second-order valence-electron chi connectivity index (χ2n) is 7.34. The molecule has 1 atom stereocenters. The average molecular weight is 364 g/mol. The highest BCUT2D eigenvalue weighted by Crippen LogP contribution is 2.39. The number of rotatable bonds is 6. The lowest BCUT2D eigenvalue weighted by atomic mass is 9.73. The lowest BCUT2D eigenvalue weighted by Crippen LogP contribution is -2.54. The molecule has 3 heterocycles. The van der Waals surface area contributed by atoms with Crippen LogP contribution in [0, 0.1) is 5.41 Å². The number of carbonyl (C=O) groups is 2. The highest BCUT2D eigenvalue weighted by Gasteiger charge is 2.41. The van der Waals surface area contributed by atoms with Gasteiger partial charge in [0.1, 0.15) is 5.76 Å². The summed E-state index contributed by atoms with van der Waals surface area (Å²) < 4.78 is 10.6. The smallest absolute Gasteiger partial charge is 0.374 e. The number of esters is 1. The molecule has 144 valence electrons. The number of amides is 1. The quantitative estimate of drug-likeness (QED) is 0.773. The Hall–Kier alpha value is -1.86. The van der Waals surface area contributed by atoms with Crippen LogP contribution >= 0.6 is 0 Å². The van der Waals surface area contributed by atoms with Crippen LogP contribution in [-0.4, -0.2) is 66.2 Å². The number of furan rings is 1. The number of likely N-dealkylation sites (tertiary alicyclic amines) is 2. The molecule has 2 aliphatic heterocycles. The Balaban J connectivity index is 1.62. The predicted molar refractivity (Wildman–Crippen MR) is 94.5 cm³/mol. The van der Waals surface area contributed by atoms with Crippen molar-refractivity contribution in [1.82, 2.24) is 9.80 Å². The first-order valence-corrected chi connectivity index (χ1v) is 9.42. The Morgan fingerprint density at radius 2 is 2.19 bits per heavy atom. The van der Waals surface area contributed by atoms with Gasteiger partial charge in [-0.25, -0.2) is 4.79 Å². The van der Waals surface area contributed by atoms with Crippen molar-refractivity contribution in [2.75, 3.05) is 39.4 Å². The third kappa shape index (κ3) is 4.27. The molecule has 0 saturated carbocycles. The topological polar surface area (TPSA) is 83.2 Å². The first-order valence-electron chi connectivity index (χ1n) is 9.42. The van der Waals surface area contributed by atoms with Crippen LogP contribution in [0.5, 0.6) is 0 Å². The van der Waals surface area contributed by atoms with E-state index in [4.69, 9.17) is 9.15 Å². The van der Waals surface area contributed by atoms with Crippen LogP contribution in [0.3, 0.4) is 0 Å². The molecule has 2 saturated heterocycles. The number of aliphatic hydroxyl groups is 1. The zero-order valence-corrected chi connectivity index (χ0v) is 15.4. The third-order valence-corrected chi connectivity index (χ3v) is 5.38. The molecule has 0 aliphatic carbocycles. The molecule has 3 rings (SSSR count). The highest BCUT2D eigenvalue weighted by molar-refractivity contribution is 5.86. The van der Waals surface area contributed by atoms with Gasteiger partial charge in [0.25, 0.3) is 0 Å². The van der Waals surface area contributed by atoms with Gasteiger partial charge in [-0.1, -0.05) is 0 Å². The van der Waals surface area contributed by atoms with Crippen molar-refractivity contribution < 1.29 is 23.8 Å². The zero-order chi connectivity index (χ0) is 18.6. The van der Waals surface area contributed by atoms with Crippen LogP contribution in [0.25, 0.3) is 0 Å². The van der Waals surface area contributed by atoms with Crippen molar-refractivity contribution in [2.45, 2.75) is 39.2 Å². The van der Waals surface area contributed by atoms with Gasteiger partial charge in [0.05, 0.1) is 19.8 Å². The van der Waals surface area contributed by atoms with E-state index in [0.29, 0.717) is 26.1 Å². The lowest BCUT2D eigenvalue weighted by molar-refractivity contribution is -0.140. The van der Waals surface area contributed by atoms with Crippen molar-refractivity contribution in [3.8, 4) is 0 Å². The summed E-state index contributed by atoms with van der Waals surface area (Å²) in [5, 5.41) is 9.20. The summed E-state index contributed by atoms with van der Waals surface area (Å²) in [6.45, 7) is 5.76. The molecule has 1 N–H and O–H groups in total. The van der Waals surface area contributed by atoms with Crippen molar-refractivity contribution in [1.29, 1.82) is 0 Å². The Morgan fingerprint density at radius 1 is 1.35 bits per heavy atom. The van der Waals surface area contributed by atoms with Crippen LogP contribution in [0.1, 0.15) is 48.9 Å². The number of β-amino-alcohol motifs (C(OH)–C–C–N with tert-alkyl or cyclic N) is 1. The molecule has 1 aromatic rings. The first-order chi connectivity index (χ1) is 12.5. The van der Waals surface area contributed by atoms with Gasteiger partial charge in [-0.3, -0.25) is 9.69 Å². The maximum atomic E-state index is 12.0. The second-order valence-corrected chi connectivity index (χ2v) is 7.34. The summed E-state index contributed by atoms with van der Waals surface area (Å²) in [5.41, 5.74) is 0.0951. The molecule has 7 heteroatoms. The van der Waals surface area contributed by atoms with E-state index in [-0.39, 0.29) is 23.7 Å². The van der Waals surface area contributed by atoms with Crippen LogP contribution in [0.4, 0.5) is 0 Å². The first kappa shape index (κ1) is 18.9. The summed E-state index contributed by atoms with van der Waals surface area (Å²) in [7, 11) is 0. The largest absolute Gasteiger partial charge is 0.460 e. The van der Waals surface area contributed by atoms with E-state index in [0.717, 1.165) is 44.7 Å². The predicted octanol–water partition coefficient (Wildman–Crippen LogP) is 1.65. The minimum atomic E-state index is -0.431. The number of aliphatic hydroxyl groups excluding tert-OH is 1. The number of nitrogens with zero attached hydrogens (tertiary/aromatic N) is 2. The molecule has 0 bridgehead atoms. The van der Waals surface area contributed by atoms with Gasteiger partial charge in [-0.05, 0) is 44.9 Å². The van der Waals surface area contributed by atoms with Gasteiger partial charge >= 0.3 is 5.97 Å². The average Bonchev–Trinajstić information content (AvgIpc) is 3.08. The molecule has 0 aromatic carbocycles. The van der Waals surface area contributed by atoms with Crippen LogP contribution in [0.15, 0.2) is 16.5 Å². The van der Waals surface area contributed by atoms with E-state index < -0.39 is 5.97 Å². The Kier molecular flexibility index (Phi) is 5.98. The molecular weight excluding hydrogens is 336 g/mol. The SMILES string of the molecule is CCOC(=O)c1ccc(CN2CCC[C@@]3(CCC(=O)N(CCO)C3)C2)o1. The molecule has 1 spiro atoms. The minimum absolute atomic E-state index is 0.00850. The fraction of sp³-hybridized carbons (Fsp3) is 0.684. The fourth-order valence-electron chi connectivity index (χ4n) is 4.20. The molecule has 2 fully saturated rings. The van der Waals surface area contributed by atoms with Gasteiger partial charge in [0.2, 0.25) is 11.7 Å². The summed E-state index contributed by atoms with van der Waals surface area (Å²) in [6, 6.07) is 3.49. The van der Waals surface area contributed by atoms with E-state index in [1.807, 2.05) is 6.07 Å². The minimum Gasteiger partial charge on any atom is -0.460 e. The molecule has 0 unspecified atom stereocenters. The van der Waals surface area contributed by atoms with Crippen LogP contribution in [-0.2, 0) is 16.1 Å². The van der Waals surface area contributed by atoms with E-state index in [1.54, 1.807) is 17.9 Å². The monoisotopic (exact) mass is 364 g/mol. The number of hydrogen-bond acceptors (Lipinski definition) is 6. The zero-order valence-electron chi connectivity index (χ0n) is 15.4. The number of ether oxygens (including phenoxy) is 1. The Morgan fingerprint density at radius 3 is 2.96 bits per heavy atom. The second kappa shape index (κ2) is 8.22. The van der Waals surface area contributed by atoms with Gasteiger partial charge in [0, 0.05) is 31.5 Å². The third-order valence-electron chi connectivity index (χ3n) is 5.38. The van der Waals surface area contributed by atoms with Gasteiger partial charge in [-0.2, -0.15) is 0 Å². The van der Waals surface area contributed by atoms with Crippen molar-refractivity contribution >= 4 is 11.9 Å². The molecule has 1 amide bonds. The molecule has 26 heavy (non-hydrogen) atoms. The van der Waals surface area contributed by atoms with Crippen molar-refractivity contribution in [2.24, 2.45) is 5.41 Å². The van der Waals surface area contributed by atoms with Crippen molar-refractivity contribution in [3.05, 3.63) is 23.7 Å². The Bertz CT molecular complexity index is 644. The van der Waals surface area contributed by atoms with E-state index >= 15 is 0 Å².